The first kappa shape index (κ1) is 15.7. The molecule has 0 spiro atoms. The molecule has 0 atom stereocenters. The van der Waals surface area contributed by atoms with Crippen LogP contribution in [0.25, 0.3) is 11.0 Å². The number of amides is 1. The standard InChI is InChI=1S/C17H20N4OS/c1-5-6-12-7-15(23-11(12)3)17(22)19-13-8-14-10(2)20-21(4)16(14)18-9-13/h7-9H,5-6H2,1-4H3,(H,19,22). The Balaban J connectivity index is 1.85. The van der Waals surface area contributed by atoms with E-state index in [2.05, 4.69) is 29.2 Å². The molecule has 1 amide bonds. The van der Waals surface area contributed by atoms with Gasteiger partial charge in [0.05, 0.1) is 22.5 Å². The van der Waals surface area contributed by atoms with Gasteiger partial charge in [-0.1, -0.05) is 13.3 Å². The molecule has 3 aromatic heterocycles. The number of hydrogen-bond donors (Lipinski definition) is 1. The molecule has 0 radical (unpaired) electrons. The molecule has 5 nitrogen and oxygen atoms in total. The molecule has 3 heterocycles. The minimum atomic E-state index is -0.0804. The molecule has 0 saturated heterocycles. The van der Waals surface area contributed by atoms with Crippen LogP contribution >= 0.6 is 11.3 Å². The summed E-state index contributed by atoms with van der Waals surface area (Å²) in [4.78, 5) is 18.8. The molecule has 0 aromatic carbocycles. The van der Waals surface area contributed by atoms with Crippen molar-refractivity contribution in [3.05, 3.63) is 39.3 Å². The van der Waals surface area contributed by atoms with Gasteiger partial charge in [-0.2, -0.15) is 5.10 Å². The molecule has 120 valence electrons. The maximum atomic E-state index is 12.5. The zero-order valence-electron chi connectivity index (χ0n) is 13.8. The summed E-state index contributed by atoms with van der Waals surface area (Å²) in [5.74, 6) is -0.0804. The van der Waals surface area contributed by atoms with Crippen LogP contribution in [0.4, 0.5) is 5.69 Å². The van der Waals surface area contributed by atoms with Crippen LogP contribution < -0.4 is 5.32 Å². The summed E-state index contributed by atoms with van der Waals surface area (Å²) >= 11 is 1.54. The van der Waals surface area contributed by atoms with E-state index in [9.17, 15) is 4.79 Å². The lowest BCUT2D eigenvalue weighted by atomic mass is 10.1. The third-order valence-corrected chi connectivity index (χ3v) is 4.98. The second kappa shape index (κ2) is 6.12. The fourth-order valence-electron chi connectivity index (χ4n) is 2.72. The Morgan fingerprint density at radius 3 is 2.87 bits per heavy atom. The molecular formula is C17H20N4OS. The molecule has 3 aromatic rings. The predicted molar refractivity (Wildman–Crippen MR) is 94.3 cm³/mol. The largest absolute Gasteiger partial charge is 0.320 e. The number of fused-ring (bicyclic) bond motifs is 1. The quantitative estimate of drug-likeness (QED) is 0.791. The van der Waals surface area contributed by atoms with Crippen LogP contribution in [0.5, 0.6) is 0 Å². The lowest BCUT2D eigenvalue weighted by molar-refractivity contribution is 0.103. The Labute approximate surface area is 139 Å². The third kappa shape index (κ3) is 2.99. The number of rotatable bonds is 4. The second-order valence-corrected chi connectivity index (χ2v) is 6.96. The van der Waals surface area contributed by atoms with Gasteiger partial charge in [0.2, 0.25) is 0 Å². The molecule has 6 heteroatoms. The number of carbonyl (C=O) groups excluding carboxylic acids is 1. The van der Waals surface area contributed by atoms with E-state index in [-0.39, 0.29) is 5.91 Å². The van der Waals surface area contributed by atoms with Crippen LogP contribution in [0.2, 0.25) is 0 Å². The third-order valence-electron chi connectivity index (χ3n) is 3.88. The van der Waals surface area contributed by atoms with Gasteiger partial charge in [-0.05, 0) is 38.0 Å². The SMILES string of the molecule is CCCc1cc(C(=O)Nc2cnc3c(c2)c(C)nn3C)sc1C. The van der Waals surface area contributed by atoms with E-state index < -0.39 is 0 Å². The lowest BCUT2D eigenvalue weighted by Crippen LogP contribution is -2.10. The van der Waals surface area contributed by atoms with Crippen molar-refractivity contribution in [3.63, 3.8) is 0 Å². The Hall–Kier alpha value is -2.21. The lowest BCUT2D eigenvalue weighted by Gasteiger charge is -2.03. The fourth-order valence-corrected chi connectivity index (χ4v) is 3.69. The number of aromatic nitrogens is 3. The zero-order valence-corrected chi connectivity index (χ0v) is 14.6. The van der Waals surface area contributed by atoms with E-state index in [1.807, 2.05) is 26.1 Å². The van der Waals surface area contributed by atoms with Gasteiger partial charge in [0, 0.05) is 17.3 Å². The minimum Gasteiger partial charge on any atom is -0.320 e. The highest BCUT2D eigenvalue weighted by molar-refractivity contribution is 7.14. The summed E-state index contributed by atoms with van der Waals surface area (Å²) in [5, 5.41) is 8.25. The van der Waals surface area contributed by atoms with E-state index >= 15 is 0 Å². The van der Waals surface area contributed by atoms with Gasteiger partial charge in [0.25, 0.3) is 5.91 Å². The summed E-state index contributed by atoms with van der Waals surface area (Å²) in [5.41, 5.74) is 3.68. The maximum absolute atomic E-state index is 12.5. The maximum Gasteiger partial charge on any atom is 0.265 e. The molecule has 0 saturated carbocycles. The van der Waals surface area contributed by atoms with Crippen molar-refractivity contribution in [2.45, 2.75) is 33.6 Å². The average Bonchev–Trinajstić information content (AvgIpc) is 3.01. The zero-order chi connectivity index (χ0) is 16.6. The van der Waals surface area contributed by atoms with Crippen molar-refractivity contribution in [1.82, 2.24) is 14.8 Å². The predicted octanol–water partition coefficient (Wildman–Crippen LogP) is 3.85. The van der Waals surface area contributed by atoms with E-state index in [0.29, 0.717) is 5.69 Å². The summed E-state index contributed by atoms with van der Waals surface area (Å²) in [6, 6.07) is 3.93. The highest BCUT2D eigenvalue weighted by atomic mass is 32.1. The Morgan fingerprint density at radius 2 is 2.13 bits per heavy atom. The van der Waals surface area contributed by atoms with Crippen LogP contribution in [0, 0.1) is 13.8 Å². The molecule has 0 bridgehead atoms. The summed E-state index contributed by atoms with van der Waals surface area (Å²) in [6.07, 6.45) is 3.77. The smallest absolute Gasteiger partial charge is 0.265 e. The first-order chi connectivity index (χ1) is 11.0. The van der Waals surface area contributed by atoms with Crippen molar-refractivity contribution < 1.29 is 4.79 Å². The summed E-state index contributed by atoms with van der Waals surface area (Å²) in [6.45, 7) is 6.16. The monoisotopic (exact) mass is 328 g/mol. The molecule has 0 aliphatic carbocycles. The number of anilines is 1. The fraction of sp³-hybridized carbons (Fsp3) is 0.353. The minimum absolute atomic E-state index is 0.0804. The molecule has 1 N–H and O–H groups in total. The van der Waals surface area contributed by atoms with Gasteiger partial charge < -0.3 is 5.32 Å². The van der Waals surface area contributed by atoms with Crippen molar-refractivity contribution in [2.75, 3.05) is 5.32 Å². The van der Waals surface area contributed by atoms with Crippen LogP contribution in [-0.2, 0) is 13.5 Å². The van der Waals surface area contributed by atoms with E-state index in [4.69, 9.17) is 0 Å². The molecular weight excluding hydrogens is 308 g/mol. The Bertz CT molecular complexity index is 878. The normalized spacial score (nSPS) is 11.1. The van der Waals surface area contributed by atoms with Crippen molar-refractivity contribution >= 4 is 34.0 Å². The molecule has 0 unspecified atom stereocenters. The molecule has 0 aliphatic rings. The first-order valence-electron chi connectivity index (χ1n) is 7.69. The number of pyridine rings is 1. The van der Waals surface area contributed by atoms with E-state index in [1.54, 1.807) is 22.2 Å². The van der Waals surface area contributed by atoms with Gasteiger partial charge in [-0.3, -0.25) is 9.48 Å². The topological polar surface area (TPSA) is 59.8 Å². The van der Waals surface area contributed by atoms with Gasteiger partial charge >= 0.3 is 0 Å². The molecule has 3 rings (SSSR count). The van der Waals surface area contributed by atoms with Gasteiger partial charge in [-0.25, -0.2) is 4.98 Å². The van der Waals surface area contributed by atoms with Crippen LogP contribution in [0.3, 0.4) is 0 Å². The first-order valence-corrected chi connectivity index (χ1v) is 8.51. The van der Waals surface area contributed by atoms with Gasteiger partial charge in [-0.15, -0.1) is 11.3 Å². The van der Waals surface area contributed by atoms with Crippen LogP contribution in [0.1, 0.15) is 39.2 Å². The summed E-state index contributed by atoms with van der Waals surface area (Å²) in [7, 11) is 1.87. The van der Waals surface area contributed by atoms with Crippen molar-refractivity contribution in [2.24, 2.45) is 7.05 Å². The molecule has 23 heavy (non-hydrogen) atoms. The van der Waals surface area contributed by atoms with E-state index in [1.165, 1.54) is 10.4 Å². The van der Waals surface area contributed by atoms with Crippen molar-refractivity contribution in [3.8, 4) is 0 Å². The Kier molecular flexibility index (Phi) is 4.17. The van der Waals surface area contributed by atoms with Crippen LogP contribution in [0.15, 0.2) is 18.3 Å². The number of nitrogens with one attached hydrogen (secondary N) is 1. The Morgan fingerprint density at radius 1 is 1.35 bits per heavy atom. The molecule has 0 aliphatic heterocycles. The highest BCUT2D eigenvalue weighted by Crippen LogP contribution is 2.25. The number of nitrogens with zero attached hydrogens (tertiary/aromatic N) is 3. The molecule has 0 fully saturated rings. The number of thiophene rings is 1. The second-order valence-electron chi connectivity index (χ2n) is 5.70. The van der Waals surface area contributed by atoms with Crippen LogP contribution in [-0.4, -0.2) is 20.7 Å². The van der Waals surface area contributed by atoms with Crippen molar-refractivity contribution in [1.29, 1.82) is 0 Å². The number of hydrogen-bond acceptors (Lipinski definition) is 4. The van der Waals surface area contributed by atoms with Gasteiger partial charge in [0.15, 0.2) is 5.65 Å². The number of aryl methyl sites for hydroxylation is 4. The average molecular weight is 328 g/mol. The summed E-state index contributed by atoms with van der Waals surface area (Å²) < 4.78 is 1.75. The number of carbonyl (C=O) groups is 1. The highest BCUT2D eigenvalue weighted by Gasteiger charge is 2.14. The van der Waals surface area contributed by atoms with Gasteiger partial charge in [0.1, 0.15) is 0 Å². The van der Waals surface area contributed by atoms with E-state index in [0.717, 1.165) is 34.4 Å².